The summed E-state index contributed by atoms with van der Waals surface area (Å²) in [6, 6.07) is 2.62. The van der Waals surface area contributed by atoms with Crippen molar-refractivity contribution >= 4 is 45.3 Å². The fourth-order valence-corrected chi connectivity index (χ4v) is 3.51. The first-order chi connectivity index (χ1) is 7.29. The number of likely N-dealkylation sites (N-methyl/N-ethyl adjacent to an activating group) is 1. The van der Waals surface area contributed by atoms with Gasteiger partial charge < -0.3 is 5.32 Å². The van der Waals surface area contributed by atoms with Gasteiger partial charge in [0.2, 0.25) is 0 Å². The molecule has 0 saturated heterocycles. The average Bonchev–Trinajstić information content (AvgIpc) is 2.85. The van der Waals surface area contributed by atoms with E-state index in [0.29, 0.717) is 6.04 Å². The standard InChI is InChI=1S/C10H11IN2S2/c1-12-8(5-10-13-2-3-14-10)7-4-9(11)15-6-7/h2-4,6,8,12H,5H2,1H3. The number of hydrogen-bond donors (Lipinski definition) is 1. The first-order valence-corrected chi connectivity index (χ1v) is 7.43. The van der Waals surface area contributed by atoms with Gasteiger partial charge in [-0.2, -0.15) is 0 Å². The average molecular weight is 350 g/mol. The van der Waals surface area contributed by atoms with E-state index in [0.717, 1.165) is 6.42 Å². The molecule has 1 N–H and O–H groups in total. The zero-order valence-corrected chi connectivity index (χ0v) is 12.0. The third-order valence-electron chi connectivity index (χ3n) is 2.20. The van der Waals surface area contributed by atoms with Crippen molar-refractivity contribution in [2.75, 3.05) is 7.05 Å². The maximum absolute atomic E-state index is 4.32. The highest BCUT2D eigenvalue weighted by Gasteiger charge is 2.12. The fourth-order valence-electron chi connectivity index (χ4n) is 1.42. The number of aromatic nitrogens is 1. The minimum absolute atomic E-state index is 0.385. The largest absolute Gasteiger partial charge is 0.313 e. The van der Waals surface area contributed by atoms with Gasteiger partial charge in [-0.25, -0.2) is 4.98 Å². The number of thiophene rings is 1. The van der Waals surface area contributed by atoms with Crippen molar-refractivity contribution < 1.29 is 0 Å². The molecule has 0 aliphatic heterocycles. The first kappa shape index (κ1) is 11.5. The molecular weight excluding hydrogens is 339 g/mol. The maximum atomic E-state index is 4.32. The summed E-state index contributed by atoms with van der Waals surface area (Å²) in [6.07, 6.45) is 2.84. The third kappa shape index (κ3) is 2.99. The SMILES string of the molecule is CNC(Cc1nccs1)c1csc(I)c1. The summed E-state index contributed by atoms with van der Waals surface area (Å²) < 4.78 is 1.34. The van der Waals surface area contributed by atoms with E-state index in [-0.39, 0.29) is 0 Å². The van der Waals surface area contributed by atoms with Gasteiger partial charge in [-0.1, -0.05) is 0 Å². The number of rotatable bonds is 4. The molecule has 2 aromatic heterocycles. The smallest absolute Gasteiger partial charge is 0.0943 e. The van der Waals surface area contributed by atoms with Crippen LogP contribution in [-0.4, -0.2) is 12.0 Å². The molecule has 2 aromatic rings. The molecule has 2 nitrogen and oxygen atoms in total. The molecule has 0 aliphatic carbocycles. The lowest BCUT2D eigenvalue weighted by Crippen LogP contribution is -2.18. The molecule has 1 atom stereocenters. The Hall–Kier alpha value is 0.0200. The lowest BCUT2D eigenvalue weighted by Gasteiger charge is -2.12. The Balaban J connectivity index is 2.11. The van der Waals surface area contributed by atoms with Crippen LogP contribution in [0, 0.1) is 2.88 Å². The molecule has 80 valence electrons. The monoisotopic (exact) mass is 350 g/mol. The molecule has 0 radical (unpaired) electrons. The minimum Gasteiger partial charge on any atom is -0.313 e. The fraction of sp³-hybridized carbons (Fsp3) is 0.300. The predicted octanol–water partition coefficient (Wildman–Crippen LogP) is 3.31. The van der Waals surface area contributed by atoms with Gasteiger partial charge in [0, 0.05) is 24.0 Å². The Labute approximate surface area is 111 Å². The number of hydrogen-bond acceptors (Lipinski definition) is 4. The molecule has 0 aromatic carbocycles. The summed E-state index contributed by atoms with van der Waals surface area (Å²) in [4.78, 5) is 4.32. The van der Waals surface area contributed by atoms with Gasteiger partial charge in [0.15, 0.2) is 0 Å². The number of nitrogens with one attached hydrogen (secondary N) is 1. The van der Waals surface area contributed by atoms with Crippen molar-refractivity contribution in [3.05, 3.63) is 36.5 Å². The van der Waals surface area contributed by atoms with E-state index in [1.54, 1.807) is 22.7 Å². The topological polar surface area (TPSA) is 24.9 Å². The van der Waals surface area contributed by atoms with Crippen LogP contribution in [0.4, 0.5) is 0 Å². The summed E-state index contributed by atoms with van der Waals surface area (Å²) in [5, 5.41) is 8.78. The molecule has 0 saturated carbocycles. The lowest BCUT2D eigenvalue weighted by molar-refractivity contribution is 0.592. The third-order valence-corrected chi connectivity index (χ3v) is 4.81. The second-order valence-corrected chi connectivity index (χ2v) is 6.94. The van der Waals surface area contributed by atoms with Crippen LogP contribution in [0.2, 0.25) is 0 Å². The predicted molar refractivity (Wildman–Crippen MR) is 74.7 cm³/mol. The first-order valence-electron chi connectivity index (χ1n) is 4.59. The molecule has 2 heterocycles. The normalized spacial score (nSPS) is 12.9. The van der Waals surface area contributed by atoms with Gasteiger partial charge in [0.1, 0.15) is 0 Å². The van der Waals surface area contributed by atoms with Crippen LogP contribution in [0.5, 0.6) is 0 Å². The van der Waals surface area contributed by atoms with Crippen molar-refractivity contribution in [3.8, 4) is 0 Å². The highest BCUT2D eigenvalue weighted by Crippen LogP contribution is 2.25. The summed E-state index contributed by atoms with van der Waals surface area (Å²) in [7, 11) is 2.00. The van der Waals surface area contributed by atoms with E-state index in [9.17, 15) is 0 Å². The zero-order valence-electron chi connectivity index (χ0n) is 8.24. The van der Waals surface area contributed by atoms with Crippen molar-refractivity contribution in [1.29, 1.82) is 0 Å². The molecule has 0 aliphatic rings. The quantitative estimate of drug-likeness (QED) is 0.856. The Morgan fingerprint density at radius 2 is 2.40 bits per heavy atom. The van der Waals surface area contributed by atoms with Gasteiger partial charge in [0.05, 0.1) is 7.89 Å². The number of nitrogens with zero attached hydrogens (tertiary/aromatic N) is 1. The number of thiazole rings is 1. The highest BCUT2D eigenvalue weighted by atomic mass is 127. The summed E-state index contributed by atoms with van der Waals surface area (Å²) >= 11 is 5.87. The van der Waals surface area contributed by atoms with E-state index >= 15 is 0 Å². The van der Waals surface area contributed by atoms with Gasteiger partial charge in [-0.3, -0.25) is 0 Å². The summed E-state index contributed by atoms with van der Waals surface area (Å²) in [5.74, 6) is 0. The Morgan fingerprint density at radius 1 is 1.53 bits per heavy atom. The lowest BCUT2D eigenvalue weighted by atomic mass is 10.1. The van der Waals surface area contributed by atoms with Crippen LogP contribution < -0.4 is 5.32 Å². The highest BCUT2D eigenvalue weighted by molar-refractivity contribution is 14.1. The van der Waals surface area contributed by atoms with E-state index < -0.39 is 0 Å². The van der Waals surface area contributed by atoms with Gasteiger partial charge in [0.25, 0.3) is 0 Å². The summed E-state index contributed by atoms with van der Waals surface area (Å²) in [6.45, 7) is 0. The second kappa shape index (κ2) is 5.38. The maximum Gasteiger partial charge on any atom is 0.0943 e. The van der Waals surface area contributed by atoms with Crippen LogP contribution in [-0.2, 0) is 6.42 Å². The Morgan fingerprint density at radius 3 is 2.93 bits per heavy atom. The molecule has 0 bridgehead atoms. The second-order valence-electron chi connectivity index (χ2n) is 3.16. The van der Waals surface area contributed by atoms with Crippen LogP contribution in [0.25, 0.3) is 0 Å². The Kier molecular flexibility index (Phi) is 4.13. The van der Waals surface area contributed by atoms with Crippen LogP contribution >= 0.6 is 45.3 Å². The molecule has 0 amide bonds. The van der Waals surface area contributed by atoms with E-state index in [1.807, 2.05) is 18.6 Å². The van der Waals surface area contributed by atoms with Gasteiger partial charge in [-0.15, -0.1) is 22.7 Å². The zero-order chi connectivity index (χ0) is 10.7. The van der Waals surface area contributed by atoms with Crippen LogP contribution in [0.3, 0.4) is 0 Å². The van der Waals surface area contributed by atoms with Crippen molar-refractivity contribution in [2.24, 2.45) is 0 Å². The Bertz CT molecular complexity index is 411. The molecule has 2 rings (SSSR count). The van der Waals surface area contributed by atoms with E-state index in [1.165, 1.54) is 13.5 Å². The van der Waals surface area contributed by atoms with E-state index in [4.69, 9.17) is 0 Å². The molecular formula is C10H11IN2S2. The molecule has 0 fully saturated rings. The van der Waals surface area contributed by atoms with Crippen molar-refractivity contribution in [1.82, 2.24) is 10.3 Å². The van der Waals surface area contributed by atoms with Gasteiger partial charge in [-0.05, 0) is 46.6 Å². The van der Waals surface area contributed by atoms with Crippen LogP contribution in [0.15, 0.2) is 23.0 Å². The molecule has 1 unspecified atom stereocenters. The number of halogens is 1. The summed E-state index contributed by atoms with van der Waals surface area (Å²) in [5.41, 5.74) is 1.36. The molecule has 5 heteroatoms. The van der Waals surface area contributed by atoms with Crippen LogP contribution in [0.1, 0.15) is 16.6 Å². The van der Waals surface area contributed by atoms with Crippen molar-refractivity contribution in [2.45, 2.75) is 12.5 Å². The van der Waals surface area contributed by atoms with Crippen molar-refractivity contribution in [3.63, 3.8) is 0 Å². The van der Waals surface area contributed by atoms with E-state index in [2.05, 4.69) is 44.3 Å². The minimum atomic E-state index is 0.385. The van der Waals surface area contributed by atoms with Gasteiger partial charge >= 0.3 is 0 Å². The molecule has 15 heavy (non-hydrogen) atoms. The molecule has 0 spiro atoms.